The first-order valence-electron chi connectivity index (χ1n) is 8.43. The second kappa shape index (κ2) is 6.33. The standard InChI is InChI=1S/C19H18FN5O/c1-11-12(2)23-24-17-6-5-13(8-15(11)17)19(26)22-14-9-25(10-14)18-16(20)4-3-7-21-18/h3-8,14H,9-10H2,1-2H3,(H,22,26). The largest absolute Gasteiger partial charge is 0.350 e. The van der Waals surface area contributed by atoms with Gasteiger partial charge in [0.05, 0.1) is 17.3 Å². The van der Waals surface area contributed by atoms with E-state index >= 15 is 0 Å². The van der Waals surface area contributed by atoms with Gasteiger partial charge in [-0.15, -0.1) is 0 Å². The predicted molar refractivity (Wildman–Crippen MR) is 96.7 cm³/mol. The Morgan fingerprint density at radius 3 is 2.81 bits per heavy atom. The molecule has 3 heterocycles. The summed E-state index contributed by atoms with van der Waals surface area (Å²) in [6, 6.07) is 8.31. The zero-order chi connectivity index (χ0) is 18.3. The van der Waals surface area contributed by atoms with Gasteiger partial charge in [0.1, 0.15) is 0 Å². The number of halogens is 1. The van der Waals surface area contributed by atoms with Crippen LogP contribution in [0.25, 0.3) is 10.9 Å². The van der Waals surface area contributed by atoms with Gasteiger partial charge in [0, 0.05) is 30.2 Å². The van der Waals surface area contributed by atoms with Crippen molar-refractivity contribution < 1.29 is 9.18 Å². The van der Waals surface area contributed by atoms with Crippen molar-refractivity contribution in [3.05, 3.63) is 59.2 Å². The second-order valence-electron chi connectivity index (χ2n) is 6.53. The van der Waals surface area contributed by atoms with Gasteiger partial charge in [-0.1, -0.05) is 0 Å². The molecular formula is C19H18FN5O. The number of aromatic nitrogens is 3. The smallest absolute Gasteiger partial charge is 0.251 e. The van der Waals surface area contributed by atoms with E-state index in [0.717, 1.165) is 22.2 Å². The Morgan fingerprint density at radius 2 is 2.04 bits per heavy atom. The van der Waals surface area contributed by atoms with Gasteiger partial charge in [0.2, 0.25) is 0 Å². The van der Waals surface area contributed by atoms with Crippen LogP contribution in [-0.4, -0.2) is 40.2 Å². The molecule has 0 aliphatic carbocycles. The normalized spacial score (nSPS) is 14.3. The van der Waals surface area contributed by atoms with Gasteiger partial charge in [-0.2, -0.15) is 10.2 Å². The molecule has 1 aliphatic heterocycles. The van der Waals surface area contributed by atoms with Crippen molar-refractivity contribution in [2.75, 3.05) is 18.0 Å². The fourth-order valence-electron chi connectivity index (χ4n) is 3.09. The van der Waals surface area contributed by atoms with Crippen LogP contribution in [0.2, 0.25) is 0 Å². The van der Waals surface area contributed by atoms with E-state index in [2.05, 4.69) is 20.5 Å². The highest BCUT2D eigenvalue weighted by molar-refractivity contribution is 5.98. The van der Waals surface area contributed by atoms with Gasteiger partial charge in [-0.05, 0) is 49.7 Å². The lowest BCUT2D eigenvalue weighted by Crippen LogP contribution is -2.60. The summed E-state index contributed by atoms with van der Waals surface area (Å²) in [6.07, 6.45) is 1.56. The highest BCUT2D eigenvalue weighted by atomic mass is 19.1. The number of hydrogen-bond donors (Lipinski definition) is 1. The van der Waals surface area contributed by atoms with Crippen molar-refractivity contribution >= 4 is 22.6 Å². The number of carbonyl (C=O) groups is 1. The molecule has 1 N–H and O–H groups in total. The molecule has 0 saturated carbocycles. The topological polar surface area (TPSA) is 71.0 Å². The maximum Gasteiger partial charge on any atom is 0.251 e. The maximum absolute atomic E-state index is 13.7. The summed E-state index contributed by atoms with van der Waals surface area (Å²) in [6.45, 7) is 4.95. The number of fused-ring (bicyclic) bond motifs is 1. The molecule has 0 spiro atoms. The number of nitrogens with zero attached hydrogens (tertiary/aromatic N) is 4. The number of nitrogens with one attached hydrogen (secondary N) is 1. The average molecular weight is 351 g/mol. The van der Waals surface area contributed by atoms with Crippen molar-refractivity contribution in [3.63, 3.8) is 0 Å². The summed E-state index contributed by atoms with van der Waals surface area (Å²) < 4.78 is 13.7. The van der Waals surface area contributed by atoms with E-state index in [-0.39, 0.29) is 17.8 Å². The summed E-state index contributed by atoms with van der Waals surface area (Å²) in [5.41, 5.74) is 3.22. The van der Waals surface area contributed by atoms with E-state index in [1.807, 2.05) is 24.8 Å². The zero-order valence-corrected chi connectivity index (χ0v) is 14.5. The first-order chi connectivity index (χ1) is 12.5. The van der Waals surface area contributed by atoms with Gasteiger partial charge in [0.15, 0.2) is 11.6 Å². The molecule has 26 heavy (non-hydrogen) atoms. The number of carbonyl (C=O) groups excluding carboxylic acids is 1. The Morgan fingerprint density at radius 1 is 1.23 bits per heavy atom. The Labute approximate surface area is 150 Å². The maximum atomic E-state index is 13.7. The first-order valence-corrected chi connectivity index (χ1v) is 8.43. The van der Waals surface area contributed by atoms with Crippen LogP contribution in [0.5, 0.6) is 0 Å². The molecule has 1 fully saturated rings. The van der Waals surface area contributed by atoms with Crippen molar-refractivity contribution in [2.45, 2.75) is 19.9 Å². The third-order valence-electron chi connectivity index (χ3n) is 4.77. The molecule has 1 saturated heterocycles. The van der Waals surface area contributed by atoms with E-state index in [4.69, 9.17) is 0 Å². The monoisotopic (exact) mass is 351 g/mol. The van der Waals surface area contributed by atoms with Crippen molar-refractivity contribution in [1.82, 2.24) is 20.5 Å². The van der Waals surface area contributed by atoms with Gasteiger partial charge < -0.3 is 10.2 Å². The molecule has 132 valence electrons. The molecule has 7 heteroatoms. The lowest BCUT2D eigenvalue weighted by atomic mass is 10.0. The molecule has 4 rings (SSSR count). The zero-order valence-electron chi connectivity index (χ0n) is 14.5. The van der Waals surface area contributed by atoms with Crippen LogP contribution in [-0.2, 0) is 0 Å². The average Bonchev–Trinajstić information content (AvgIpc) is 2.61. The SMILES string of the molecule is Cc1nnc2ccc(C(=O)NC3CN(c4ncccc4F)C3)cc2c1C. The molecular weight excluding hydrogens is 333 g/mol. The number of aryl methyl sites for hydroxylation is 2. The predicted octanol–water partition coefficient (Wildman–Crippen LogP) is 2.40. The number of hydrogen-bond acceptors (Lipinski definition) is 5. The number of anilines is 1. The van der Waals surface area contributed by atoms with E-state index in [1.165, 1.54) is 6.07 Å². The number of pyridine rings is 1. The quantitative estimate of drug-likeness (QED) is 0.785. The summed E-state index contributed by atoms with van der Waals surface area (Å²) in [5.74, 6) is -0.168. The molecule has 3 aromatic rings. The molecule has 0 atom stereocenters. The molecule has 6 nitrogen and oxygen atoms in total. The van der Waals surface area contributed by atoms with Crippen molar-refractivity contribution in [1.29, 1.82) is 0 Å². The van der Waals surface area contributed by atoms with Crippen LogP contribution in [0.1, 0.15) is 21.6 Å². The summed E-state index contributed by atoms with van der Waals surface area (Å²) in [5, 5.41) is 12.2. The fraction of sp³-hybridized carbons (Fsp3) is 0.263. The number of amides is 1. The lowest BCUT2D eigenvalue weighted by molar-refractivity contribution is 0.0930. The minimum absolute atomic E-state index is 0.0296. The van der Waals surface area contributed by atoms with E-state index in [0.29, 0.717) is 24.5 Å². The highest BCUT2D eigenvalue weighted by Crippen LogP contribution is 2.22. The Hall–Kier alpha value is -3.09. The van der Waals surface area contributed by atoms with Crippen LogP contribution >= 0.6 is 0 Å². The Balaban J connectivity index is 1.46. The third kappa shape index (κ3) is 2.85. The molecule has 0 unspecified atom stereocenters. The Bertz CT molecular complexity index is 1000. The van der Waals surface area contributed by atoms with Crippen LogP contribution in [0.15, 0.2) is 36.5 Å². The minimum Gasteiger partial charge on any atom is -0.350 e. The molecule has 1 aromatic carbocycles. The third-order valence-corrected chi connectivity index (χ3v) is 4.77. The van der Waals surface area contributed by atoms with Gasteiger partial charge in [0.25, 0.3) is 5.91 Å². The molecule has 2 aromatic heterocycles. The van der Waals surface area contributed by atoms with Crippen LogP contribution < -0.4 is 10.2 Å². The molecule has 1 aliphatic rings. The van der Waals surface area contributed by atoms with Crippen molar-refractivity contribution in [3.8, 4) is 0 Å². The fourth-order valence-corrected chi connectivity index (χ4v) is 3.09. The van der Waals surface area contributed by atoms with Crippen LogP contribution in [0.4, 0.5) is 10.2 Å². The van der Waals surface area contributed by atoms with E-state index in [1.54, 1.807) is 24.4 Å². The highest BCUT2D eigenvalue weighted by Gasteiger charge is 2.30. The molecule has 1 amide bonds. The number of rotatable bonds is 3. The molecule has 0 bridgehead atoms. The first kappa shape index (κ1) is 16.4. The number of benzene rings is 1. The van der Waals surface area contributed by atoms with Gasteiger partial charge in [-0.25, -0.2) is 9.37 Å². The van der Waals surface area contributed by atoms with Crippen molar-refractivity contribution in [2.24, 2.45) is 0 Å². The minimum atomic E-state index is -0.348. The molecule has 0 radical (unpaired) electrons. The summed E-state index contributed by atoms with van der Waals surface area (Å²) >= 11 is 0. The van der Waals surface area contributed by atoms with E-state index in [9.17, 15) is 9.18 Å². The van der Waals surface area contributed by atoms with Gasteiger partial charge in [-0.3, -0.25) is 4.79 Å². The lowest BCUT2D eigenvalue weighted by Gasteiger charge is -2.40. The van der Waals surface area contributed by atoms with E-state index < -0.39 is 0 Å². The summed E-state index contributed by atoms with van der Waals surface area (Å²) in [4.78, 5) is 18.4. The van der Waals surface area contributed by atoms with Crippen LogP contribution in [0, 0.1) is 19.7 Å². The summed E-state index contributed by atoms with van der Waals surface area (Å²) in [7, 11) is 0. The van der Waals surface area contributed by atoms with Gasteiger partial charge >= 0.3 is 0 Å². The second-order valence-corrected chi connectivity index (χ2v) is 6.53. The van der Waals surface area contributed by atoms with Crippen LogP contribution in [0.3, 0.4) is 0 Å². The Kier molecular flexibility index (Phi) is 3.99.